The highest BCUT2D eigenvalue weighted by Crippen LogP contribution is 2.29. The van der Waals surface area contributed by atoms with Gasteiger partial charge in [0.05, 0.1) is 0 Å². The molecular formula is C15H20N4O3. The molecule has 1 N–H and O–H groups in total. The Labute approximate surface area is 128 Å². The van der Waals surface area contributed by atoms with Crippen LogP contribution in [0.3, 0.4) is 0 Å². The SMILES string of the molecule is CC1(C)CCN(C(=O)CCn2cc(C#N)c(=O)[nH]c2=O)CC1. The van der Waals surface area contributed by atoms with E-state index in [0.29, 0.717) is 0 Å². The number of likely N-dealkylation sites (tertiary alicyclic amines) is 1. The summed E-state index contributed by atoms with van der Waals surface area (Å²) in [5, 5.41) is 8.80. The fraction of sp³-hybridized carbons (Fsp3) is 0.600. The number of H-pyrrole nitrogens is 1. The number of nitrogens with one attached hydrogen (secondary N) is 1. The van der Waals surface area contributed by atoms with E-state index in [1.165, 1.54) is 10.8 Å². The van der Waals surface area contributed by atoms with E-state index in [0.717, 1.165) is 25.9 Å². The molecule has 0 bridgehead atoms. The number of aromatic amines is 1. The zero-order valence-corrected chi connectivity index (χ0v) is 12.9. The highest BCUT2D eigenvalue weighted by atomic mass is 16.2. The smallest absolute Gasteiger partial charge is 0.328 e. The molecule has 1 saturated heterocycles. The fourth-order valence-electron chi connectivity index (χ4n) is 2.49. The molecule has 0 spiro atoms. The van der Waals surface area contributed by atoms with Crippen LogP contribution in [0.15, 0.2) is 15.8 Å². The van der Waals surface area contributed by atoms with Crippen molar-refractivity contribution in [3.8, 4) is 6.07 Å². The molecule has 1 aromatic rings. The molecular weight excluding hydrogens is 284 g/mol. The van der Waals surface area contributed by atoms with E-state index in [2.05, 4.69) is 18.8 Å². The number of nitriles is 1. The van der Waals surface area contributed by atoms with Crippen LogP contribution in [0.5, 0.6) is 0 Å². The van der Waals surface area contributed by atoms with Crippen molar-refractivity contribution in [2.75, 3.05) is 13.1 Å². The molecule has 7 nitrogen and oxygen atoms in total. The molecule has 0 aromatic carbocycles. The minimum absolute atomic E-state index is 0.00731. The van der Waals surface area contributed by atoms with Gasteiger partial charge in [0.2, 0.25) is 5.91 Å². The maximum atomic E-state index is 12.2. The second kappa shape index (κ2) is 6.18. The first kappa shape index (κ1) is 16.0. The summed E-state index contributed by atoms with van der Waals surface area (Å²) < 4.78 is 1.20. The summed E-state index contributed by atoms with van der Waals surface area (Å²) >= 11 is 0. The number of carbonyl (C=O) groups is 1. The van der Waals surface area contributed by atoms with Crippen molar-refractivity contribution in [2.24, 2.45) is 5.41 Å². The van der Waals surface area contributed by atoms with Gasteiger partial charge in [-0.2, -0.15) is 5.26 Å². The molecule has 1 amide bonds. The summed E-state index contributed by atoms with van der Waals surface area (Å²) in [6, 6.07) is 1.72. The third-order valence-corrected chi connectivity index (χ3v) is 4.17. The number of aromatic nitrogens is 2. The van der Waals surface area contributed by atoms with Crippen LogP contribution < -0.4 is 11.2 Å². The van der Waals surface area contributed by atoms with E-state index < -0.39 is 11.2 Å². The average molecular weight is 304 g/mol. The van der Waals surface area contributed by atoms with Gasteiger partial charge < -0.3 is 4.90 Å². The molecule has 0 atom stereocenters. The monoisotopic (exact) mass is 304 g/mol. The van der Waals surface area contributed by atoms with Gasteiger partial charge in [0, 0.05) is 32.3 Å². The first-order valence-corrected chi connectivity index (χ1v) is 7.34. The Hall–Kier alpha value is -2.36. The van der Waals surface area contributed by atoms with Gasteiger partial charge >= 0.3 is 5.69 Å². The molecule has 1 aromatic heterocycles. The number of nitrogens with zero attached hydrogens (tertiary/aromatic N) is 3. The molecule has 22 heavy (non-hydrogen) atoms. The summed E-state index contributed by atoms with van der Waals surface area (Å²) in [6.45, 7) is 6.00. The summed E-state index contributed by atoms with van der Waals surface area (Å²) in [5.41, 5.74) is -1.16. The van der Waals surface area contributed by atoms with E-state index in [9.17, 15) is 14.4 Å². The Kier molecular flexibility index (Phi) is 4.50. The molecule has 0 aliphatic carbocycles. The van der Waals surface area contributed by atoms with Gasteiger partial charge in [-0.25, -0.2) is 4.79 Å². The van der Waals surface area contributed by atoms with Crippen molar-refractivity contribution in [1.29, 1.82) is 5.26 Å². The van der Waals surface area contributed by atoms with E-state index in [1.54, 1.807) is 6.07 Å². The lowest BCUT2D eigenvalue weighted by atomic mass is 9.82. The number of amides is 1. The summed E-state index contributed by atoms with van der Waals surface area (Å²) in [7, 11) is 0. The van der Waals surface area contributed by atoms with Crippen molar-refractivity contribution in [1.82, 2.24) is 14.5 Å². The molecule has 2 heterocycles. The largest absolute Gasteiger partial charge is 0.343 e. The minimum atomic E-state index is -0.701. The predicted molar refractivity (Wildman–Crippen MR) is 80.2 cm³/mol. The van der Waals surface area contributed by atoms with Crippen LogP contribution in [0, 0.1) is 16.7 Å². The van der Waals surface area contributed by atoms with Gasteiger partial charge in [0.1, 0.15) is 11.6 Å². The quantitative estimate of drug-likeness (QED) is 0.876. The number of aryl methyl sites for hydroxylation is 1. The van der Waals surface area contributed by atoms with Crippen LogP contribution in [-0.4, -0.2) is 33.4 Å². The van der Waals surface area contributed by atoms with Crippen molar-refractivity contribution in [3.63, 3.8) is 0 Å². The second-order valence-electron chi connectivity index (χ2n) is 6.40. The highest BCUT2D eigenvalue weighted by Gasteiger charge is 2.27. The van der Waals surface area contributed by atoms with Crippen LogP contribution in [0.1, 0.15) is 38.7 Å². The number of piperidine rings is 1. The lowest BCUT2D eigenvalue weighted by molar-refractivity contribution is -0.133. The van der Waals surface area contributed by atoms with Gasteiger partial charge in [-0.05, 0) is 18.3 Å². The molecule has 2 rings (SSSR count). The lowest BCUT2D eigenvalue weighted by Gasteiger charge is -2.37. The Morgan fingerprint density at radius 1 is 1.36 bits per heavy atom. The van der Waals surface area contributed by atoms with Gasteiger partial charge in [-0.15, -0.1) is 0 Å². The standard InChI is InChI=1S/C15H20N4O3/c1-15(2)4-7-18(8-5-15)12(20)3-6-19-10-11(9-16)13(21)17-14(19)22/h10H,3-8H2,1-2H3,(H,17,21,22). The van der Waals surface area contributed by atoms with Crippen molar-refractivity contribution in [3.05, 3.63) is 32.6 Å². The summed E-state index contributed by atoms with van der Waals surface area (Å²) in [4.78, 5) is 39.0. The Bertz CT molecular complexity index is 714. The Morgan fingerprint density at radius 3 is 2.59 bits per heavy atom. The number of carbonyl (C=O) groups excluding carboxylic acids is 1. The average Bonchev–Trinajstić information content (AvgIpc) is 2.46. The lowest BCUT2D eigenvalue weighted by Crippen LogP contribution is -2.41. The summed E-state index contributed by atoms with van der Waals surface area (Å²) in [5.74, 6) is -0.00731. The normalized spacial score (nSPS) is 17.0. The van der Waals surface area contributed by atoms with Crippen molar-refractivity contribution in [2.45, 2.75) is 39.7 Å². The topological polar surface area (TPSA) is 99.0 Å². The molecule has 7 heteroatoms. The zero-order chi connectivity index (χ0) is 16.3. The fourth-order valence-corrected chi connectivity index (χ4v) is 2.49. The Morgan fingerprint density at radius 2 is 2.00 bits per heavy atom. The molecule has 0 radical (unpaired) electrons. The van der Waals surface area contributed by atoms with Crippen LogP contribution in [0.2, 0.25) is 0 Å². The van der Waals surface area contributed by atoms with Crippen LogP contribution in [-0.2, 0) is 11.3 Å². The maximum absolute atomic E-state index is 12.2. The predicted octanol–water partition coefficient (Wildman–Crippen LogP) is 0.447. The molecule has 1 aliphatic heterocycles. The van der Waals surface area contributed by atoms with Gasteiger partial charge in [-0.3, -0.25) is 19.1 Å². The first-order valence-electron chi connectivity index (χ1n) is 7.34. The molecule has 0 unspecified atom stereocenters. The number of hydrogen-bond acceptors (Lipinski definition) is 4. The Balaban J connectivity index is 1.99. The van der Waals surface area contributed by atoms with Gasteiger partial charge in [0.15, 0.2) is 0 Å². The number of hydrogen-bond donors (Lipinski definition) is 1. The summed E-state index contributed by atoms with van der Waals surface area (Å²) in [6.07, 6.45) is 3.32. The van der Waals surface area contributed by atoms with Crippen LogP contribution >= 0.6 is 0 Å². The van der Waals surface area contributed by atoms with Crippen molar-refractivity contribution < 1.29 is 4.79 Å². The molecule has 1 fully saturated rings. The van der Waals surface area contributed by atoms with E-state index in [1.807, 2.05) is 4.90 Å². The molecule has 118 valence electrons. The highest BCUT2D eigenvalue weighted by molar-refractivity contribution is 5.76. The van der Waals surface area contributed by atoms with E-state index >= 15 is 0 Å². The maximum Gasteiger partial charge on any atom is 0.328 e. The van der Waals surface area contributed by atoms with Gasteiger partial charge in [-0.1, -0.05) is 13.8 Å². The van der Waals surface area contributed by atoms with Crippen LogP contribution in [0.4, 0.5) is 0 Å². The minimum Gasteiger partial charge on any atom is -0.343 e. The zero-order valence-electron chi connectivity index (χ0n) is 12.9. The van der Waals surface area contributed by atoms with Crippen LogP contribution in [0.25, 0.3) is 0 Å². The molecule has 1 aliphatic rings. The van der Waals surface area contributed by atoms with E-state index in [4.69, 9.17) is 5.26 Å². The second-order valence-corrected chi connectivity index (χ2v) is 6.40. The third-order valence-electron chi connectivity index (χ3n) is 4.17. The molecule has 0 saturated carbocycles. The van der Waals surface area contributed by atoms with Crippen molar-refractivity contribution >= 4 is 5.91 Å². The third kappa shape index (κ3) is 3.64. The van der Waals surface area contributed by atoms with Gasteiger partial charge in [0.25, 0.3) is 5.56 Å². The number of rotatable bonds is 3. The first-order chi connectivity index (χ1) is 10.3. The van der Waals surface area contributed by atoms with E-state index in [-0.39, 0.29) is 29.9 Å².